The summed E-state index contributed by atoms with van der Waals surface area (Å²) in [5.74, 6) is 1.40. The summed E-state index contributed by atoms with van der Waals surface area (Å²) in [4.78, 5) is 22.9. The lowest BCUT2D eigenvalue weighted by molar-refractivity contribution is -0.216. The minimum absolute atomic E-state index is 0.197. The molecule has 2 fully saturated rings. The van der Waals surface area contributed by atoms with Crippen LogP contribution in [0.3, 0.4) is 0 Å². The Morgan fingerprint density at radius 3 is 2.09 bits per heavy atom. The molecule has 0 amide bonds. The number of carbonyl (C=O) groups excluding carboxylic acids is 2. The largest absolute Gasteiger partial charge is 0.495 e. The number of terminal acetylenes is 1. The molecule has 0 bridgehead atoms. The summed E-state index contributed by atoms with van der Waals surface area (Å²) < 4.78 is 40.3. The number of hydrogen-bond donors (Lipinski definition) is 0. The highest BCUT2D eigenvalue weighted by Gasteiger charge is 2.63. The molecule has 0 N–H and O–H groups in total. The molecule has 2 rings (SSSR count). The number of hydrogen-bond acceptors (Lipinski definition) is 9. The molecule has 2 aliphatic rings. The molecule has 0 radical (unpaired) electrons. The van der Waals surface area contributed by atoms with Crippen molar-refractivity contribution in [3.05, 3.63) is 24.7 Å². The topological polar surface area (TPSA) is 98.8 Å². The molecular weight excluding hydrogens is 472 g/mol. The maximum Gasteiger partial charge on any atom is 0.349 e. The molecule has 0 aliphatic carbocycles. The maximum absolute atomic E-state index is 11.5. The van der Waals surface area contributed by atoms with Crippen LogP contribution in [0.25, 0.3) is 0 Å². The fourth-order valence-corrected chi connectivity index (χ4v) is 9.61. The van der Waals surface area contributed by atoms with E-state index in [1.807, 2.05) is 0 Å². The first-order valence-electron chi connectivity index (χ1n) is 11.5. The van der Waals surface area contributed by atoms with E-state index in [0.717, 1.165) is 12.3 Å². The molecule has 5 atom stereocenters. The Morgan fingerprint density at radius 1 is 1.00 bits per heavy atom. The van der Waals surface area contributed by atoms with Gasteiger partial charge in [0.25, 0.3) is 0 Å². The van der Waals surface area contributed by atoms with Gasteiger partial charge < -0.3 is 32.5 Å². The van der Waals surface area contributed by atoms with Crippen molar-refractivity contribution < 1.29 is 42.1 Å². The van der Waals surface area contributed by atoms with E-state index in [2.05, 4.69) is 56.9 Å². The van der Waals surface area contributed by atoms with Crippen molar-refractivity contribution in [1.29, 1.82) is 0 Å². The minimum Gasteiger partial charge on any atom is -0.495 e. The molecule has 2 heterocycles. The van der Waals surface area contributed by atoms with Gasteiger partial charge in [-0.05, 0) is 0 Å². The van der Waals surface area contributed by atoms with Gasteiger partial charge in [-0.2, -0.15) is 0 Å². The highest BCUT2D eigenvalue weighted by atomic mass is 28.4. The van der Waals surface area contributed by atoms with Gasteiger partial charge in [0.2, 0.25) is 0 Å². The highest BCUT2D eigenvalue weighted by Crippen LogP contribution is 2.55. The predicted molar refractivity (Wildman–Crippen MR) is 130 cm³/mol. The van der Waals surface area contributed by atoms with Gasteiger partial charge in [0.05, 0.1) is 51.6 Å². The van der Waals surface area contributed by atoms with Crippen LogP contribution < -0.4 is 0 Å². The first kappa shape index (κ1) is 28.9. The predicted octanol–water partition coefficient (Wildman–Crippen LogP) is 3.38. The number of ether oxygens (including phenoxy) is 5. The van der Waals surface area contributed by atoms with E-state index in [0.29, 0.717) is 13.0 Å². The van der Waals surface area contributed by atoms with E-state index in [1.54, 1.807) is 0 Å². The van der Waals surface area contributed by atoms with Crippen molar-refractivity contribution in [2.24, 2.45) is 0 Å². The second kappa shape index (κ2) is 11.6. The zero-order chi connectivity index (χ0) is 26.4. The zero-order valence-corrected chi connectivity index (χ0v) is 22.9. The number of rotatable bonds is 7. The summed E-state index contributed by atoms with van der Waals surface area (Å²) in [5.41, 5.74) is 0. The minimum atomic E-state index is -2.74. The fourth-order valence-electron chi connectivity index (χ4n) is 4.64. The van der Waals surface area contributed by atoms with E-state index in [4.69, 9.17) is 29.5 Å². The second-order valence-corrected chi connectivity index (χ2v) is 15.3. The maximum atomic E-state index is 11.5. The average molecular weight is 511 g/mol. The van der Waals surface area contributed by atoms with Crippen LogP contribution in [0, 0.1) is 12.3 Å². The summed E-state index contributed by atoms with van der Waals surface area (Å²) in [6.45, 7) is 13.2. The molecule has 0 aromatic rings. The molecule has 196 valence electrons. The molecule has 0 aromatic heterocycles. The van der Waals surface area contributed by atoms with E-state index in [9.17, 15) is 9.59 Å². The molecule has 35 heavy (non-hydrogen) atoms. The van der Waals surface area contributed by atoms with Gasteiger partial charge in [-0.25, -0.2) is 9.59 Å². The molecule has 9 nitrogen and oxygen atoms in total. The molecule has 2 aliphatic heterocycles. The van der Waals surface area contributed by atoms with Crippen LogP contribution in [-0.4, -0.2) is 71.8 Å². The summed E-state index contributed by atoms with van der Waals surface area (Å²) in [6, 6.07) is 0. The van der Waals surface area contributed by atoms with Gasteiger partial charge in [0.15, 0.2) is 6.10 Å². The van der Waals surface area contributed by atoms with E-state index < -0.39 is 44.9 Å². The Labute approximate surface area is 209 Å². The summed E-state index contributed by atoms with van der Waals surface area (Å²) in [7, 11) is -0.200. The molecule has 0 unspecified atom stereocenters. The number of esters is 2. The molecular formula is C25H38O9Si. The van der Waals surface area contributed by atoms with E-state index in [-0.39, 0.29) is 16.2 Å². The Hall–Kier alpha value is -2.32. The third kappa shape index (κ3) is 6.67. The van der Waals surface area contributed by atoms with Gasteiger partial charge in [-0.1, -0.05) is 47.5 Å². The number of fused-ring (bicyclic) bond motifs is 1. The van der Waals surface area contributed by atoms with Crippen LogP contribution >= 0.6 is 0 Å². The Balaban J connectivity index is 2.31. The van der Waals surface area contributed by atoms with Gasteiger partial charge in [0, 0.05) is 16.5 Å². The lowest BCUT2D eigenvalue weighted by Crippen LogP contribution is -2.68. The van der Waals surface area contributed by atoms with Gasteiger partial charge in [-0.3, -0.25) is 0 Å². The quantitative estimate of drug-likeness (QED) is 0.168. The van der Waals surface area contributed by atoms with Crippen molar-refractivity contribution in [3.63, 3.8) is 0 Å². The van der Waals surface area contributed by atoms with Gasteiger partial charge in [0.1, 0.15) is 18.3 Å². The standard InChI is InChI=1S/C25H38O9Si/c1-10-17(30-13-11-21(26)28-8)23-19(31-14-12-22(27)29-9)15-18-20(33-23)16-32-35(34-18,24(2,3)4)25(5,6)7/h1,11-14,17-20,23H,15-16H2,2-9H3/b13-11+,14-12+/t17-,18-,19+,20+,23-/m0/s1. The lowest BCUT2D eigenvalue weighted by Gasteiger charge is -2.56. The van der Waals surface area contributed by atoms with Crippen LogP contribution in [0.15, 0.2) is 24.7 Å². The summed E-state index contributed by atoms with van der Waals surface area (Å²) >= 11 is 0. The first-order chi connectivity index (χ1) is 16.3. The van der Waals surface area contributed by atoms with Crippen LogP contribution in [0.1, 0.15) is 48.0 Å². The van der Waals surface area contributed by atoms with Crippen molar-refractivity contribution in [3.8, 4) is 12.3 Å². The fraction of sp³-hybridized carbons (Fsp3) is 0.680. The van der Waals surface area contributed by atoms with Gasteiger partial charge in [-0.15, -0.1) is 6.42 Å². The lowest BCUT2D eigenvalue weighted by atomic mass is 9.95. The monoisotopic (exact) mass is 510 g/mol. The molecule has 0 spiro atoms. The van der Waals surface area contributed by atoms with Crippen molar-refractivity contribution in [2.75, 3.05) is 20.8 Å². The van der Waals surface area contributed by atoms with E-state index in [1.165, 1.54) is 26.6 Å². The van der Waals surface area contributed by atoms with Crippen LogP contribution in [-0.2, 0) is 42.1 Å². The zero-order valence-electron chi connectivity index (χ0n) is 21.9. The summed E-state index contributed by atoms with van der Waals surface area (Å²) in [5, 5.41) is -0.394. The second-order valence-electron chi connectivity index (χ2n) is 10.5. The Kier molecular flexibility index (Phi) is 9.59. The number of methoxy groups -OCH3 is 2. The third-order valence-corrected chi connectivity index (χ3v) is 11.2. The van der Waals surface area contributed by atoms with E-state index >= 15 is 0 Å². The highest BCUT2D eigenvalue weighted by molar-refractivity contribution is 6.73. The van der Waals surface area contributed by atoms with Crippen molar-refractivity contribution >= 4 is 20.5 Å². The average Bonchev–Trinajstić information content (AvgIpc) is 2.79. The van der Waals surface area contributed by atoms with Crippen molar-refractivity contribution in [1.82, 2.24) is 0 Å². The normalized spacial score (nSPS) is 27.5. The SMILES string of the molecule is C#C[C@H](O/C=C/C(=O)OC)[C@@H]1O[C@@H]2CO[Si](C(C)(C)C)(C(C)(C)C)O[C@H]2C[C@H]1O/C=C/C(=O)OC. The molecule has 10 heteroatoms. The Morgan fingerprint density at radius 2 is 1.57 bits per heavy atom. The van der Waals surface area contributed by atoms with Crippen LogP contribution in [0.5, 0.6) is 0 Å². The van der Waals surface area contributed by atoms with Crippen LogP contribution in [0.2, 0.25) is 10.1 Å². The van der Waals surface area contributed by atoms with Crippen LogP contribution in [0.4, 0.5) is 0 Å². The van der Waals surface area contributed by atoms with Crippen molar-refractivity contribution in [2.45, 2.75) is 88.6 Å². The Bertz CT molecular complexity index is 832. The molecule has 0 saturated carbocycles. The molecule has 2 saturated heterocycles. The number of carbonyl (C=O) groups is 2. The summed E-state index contributed by atoms with van der Waals surface area (Å²) in [6.07, 6.45) is 7.96. The third-order valence-electron chi connectivity index (χ3n) is 6.07. The van der Waals surface area contributed by atoms with Gasteiger partial charge >= 0.3 is 20.5 Å². The molecule has 0 aromatic carbocycles. The first-order valence-corrected chi connectivity index (χ1v) is 13.3. The smallest absolute Gasteiger partial charge is 0.349 e.